The lowest BCUT2D eigenvalue weighted by Crippen LogP contribution is -2.27. The van der Waals surface area contributed by atoms with Crippen LogP contribution in [0.2, 0.25) is 0 Å². The molecule has 3 amide bonds. The number of alkyl halides is 3. The van der Waals surface area contributed by atoms with Crippen LogP contribution in [-0.2, 0) is 40.0 Å². The Morgan fingerprint density at radius 2 is 1.52 bits per heavy atom. The van der Waals surface area contributed by atoms with Crippen molar-refractivity contribution in [2.24, 2.45) is 0 Å². The Balaban J connectivity index is 1.15. The van der Waals surface area contributed by atoms with E-state index in [1.165, 1.54) is 23.5 Å². The number of carbonyl (C=O) groups excluding carboxylic acids is 3. The van der Waals surface area contributed by atoms with Gasteiger partial charge in [-0.3, -0.25) is 14.9 Å². The van der Waals surface area contributed by atoms with Gasteiger partial charge in [-0.2, -0.15) is 5.10 Å². The van der Waals surface area contributed by atoms with E-state index in [0.717, 1.165) is 30.0 Å². The molecule has 0 fully saturated rings. The third-order valence-electron chi connectivity index (χ3n) is 6.05. The molecule has 3 aromatic heterocycles. The molecule has 0 unspecified atom stereocenters. The molecule has 13 nitrogen and oxygen atoms in total. The maximum Gasteiger partial charge on any atom is 0.573 e. The predicted molar refractivity (Wildman–Crippen MR) is 170 cm³/mol. The maximum absolute atomic E-state index is 12.5. The first kappa shape index (κ1) is 35.7. The molecule has 254 valence electrons. The zero-order chi connectivity index (χ0) is 34.7. The summed E-state index contributed by atoms with van der Waals surface area (Å²) in [4.78, 5) is 41.2. The molecule has 0 aliphatic carbocycles. The average Bonchev–Trinajstić information content (AvgIpc) is 3.41. The minimum Gasteiger partial charge on any atom is -0.444 e. The number of hydrogen-bond acceptors (Lipinski definition) is 11. The summed E-state index contributed by atoms with van der Waals surface area (Å²) in [6, 6.07) is 13.5. The molecule has 1 aromatic carbocycles. The van der Waals surface area contributed by atoms with Gasteiger partial charge in [-0.05, 0) is 82.0 Å². The number of carbonyl (C=O) groups is 3. The van der Waals surface area contributed by atoms with Gasteiger partial charge in [-0.25, -0.2) is 9.78 Å². The van der Waals surface area contributed by atoms with Crippen molar-refractivity contribution in [2.75, 3.05) is 16.0 Å². The molecule has 48 heavy (non-hydrogen) atoms. The molecular formula is C31H33F3N8O5S. The van der Waals surface area contributed by atoms with E-state index >= 15 is 0 Å². The highest BCUT2D eigenvalue weighted by Gasteiger charge is 2.31. The molecule has 0 atom stereocenters. The number of anilines is 3. The topological polar surface area (TPSA) is 170 Å². The fraction of sp³-hybridized carbons (Fsp3) is 0.355. The van der Waals surface area contributed by atoms with E-state index in [4.69, 9.17) is 4.74 Å². The van der Waals surface area contributed by atoms with Crippen molar-refractivity contribution in [3.05, 3.63) is 76.6 Å². The molecule has 0 saturated carbocycles. The van der Waals surface area contributed by atoms with Gasteiger partial charge in [0.1, 0.15) is 22.2 Å². The van der Waals surface area contributed by atoms with E-state index in [1.807, 2.05) is 0 Å². The summed E-state index contributed by atoms with van der Waals surface area (Å²) in [5.41, 5.74) is 0.858. The summed E-state index contributed by atoms with van der Waals surface area (Å²) in [6.07, 6.45) is -2.84. The summed E-state index contributed by atoms with van der Waals surface area (Å²) in [5, 5.41) is 25.3. The SMILES string of the molecule is CC(C)(C)OC(=O)Nc1cccc(CC(=O)Nc2nnc(CCCCc3ccc(NC(=O)Cc4cccc(OC(F)(F)F)c4)nn3)s2)n1. The smallest absolute Gasteiger partial charge is 0.444 e. The van der Waals surface area contributed by atoms with E-state index in [-0.39, 0.29) is 30.4 Å². The molecule has 0 aliphatic rings. The van der Waals surface area contributed by atoms with Crippen LogP contribution >= 0.6 is 11.3 Å². The molecule has 0 aliphatic heterocycles. The van der Waals surface area contributed by atoms with Crippen LogP contribution in [0.4, 0.5) is 34.7 Å². The second-order valence-electron chi connectivity index (χ2n) is 11.4. The molecule has 3 heterocycles. The Hall–Kier alpha value is -5.19. The van der Waals surface area contributed by atoms with Crippen LogP contribution in [0.5, 0.6) is 5.75 Å². The number of benzene rings is 1. The van der Waals surface area contributed by atoms with Gasteiger partial charge in [0.25, 0.3) is 0 Å². The first-order valence-electron chi connectivity index (χ1n) is 14.7. The van der Waals surface area contributed by atoms with Gasteiger partial charge in [-0.15, -0.1) is 28.5 Å². The third kappa shape index (κ3) is 12.9. The van der Waals surface area contributed by atoms with E-state index in [2.05, 4.69) is 46.1 Å². The number of rotatable bonds is 13. The lowest BCUT2D eigenvalue weighted by atomic mass is 10.1. The van der Waals surface area contributed by atoms with Crippen molar-refractivity contribution < 1.29 is 37.0 Å². The van der Waals surface area contributed by atoms with Crippen molar-refractivity contribution in [1.29, 1.82) is 0 Å². The monoisotopic (exact) mass is 686 g/mol. The number of pyridine rings is 1. The van der Waals surface area contributed by atoms with E-state index < -0.39 is 29.7 Å². The zero-order valence-electron chi connectivity index (χ0n) is 26.3. The Kier molecular flexibility index (Phi) is 11.9. The quantitative estimate of drug-likeness (QED) is 0.144. The Morgan fingerprint density at radius 3 is 2.25 bits per heavy atom. The third-order valence-corrected chi connectivity index (χ3v) is 6.95. The number of ether oxygens (including phenoxy) is 2. The highest BCUT2D eigenvalue weighted by Crippen LogP contribution is 2.24. The van der Waals surface area contributed by atoms with Crippen molar-refractivity contribution in [1.82, 2.24) is 25.4 Å². The van der Waals surface area contributed by atoms with Gasteiger partial charge in [0, 0.05) is 6.42 Å². The average molecular weight is 687 g/mol. The van der Waals surface area contributed by atoms with Crippen molar-refractivity contribution in [2.45, 2.75) is 71.3 Å². The Bertz CT molecular complexity index is 1710. The number of aromatic nitrogens is 5. The summed E-state index contributed by atoms with van der Waals surface area (Å²) >= 11 is 1.27. The van der Waals surface area contributed by atoms with E-state index in [9.17, 15) is 27.6 Å². The van der Waals surface area contributed by atoms with Crippen molar-refractivity contribution in [3.63, 3.8) is 0 Å². The number of nitrogens with zero attached hydrogens (tertiary/aromatic N) is 5. The number of aryl methyl sites for hydroxylation is 2. The van der Waals surface area contributed by atoms with Crippen molar-refractivity contribution in [3.8, 4) is 5.75 Å². The zero-order valence-corrected chi connectivity index (χ0v) is 27.1. The molecule has 4 rings (SSSR count). The summed E-state index contributed by atoms with van der Waals surface area (Å²) in [5.74, 6) is -0.715. The van der Waals surface area contributed by atoms with Gasteiger partial charge in [0.2, 0.25) is 16.9 Å². The second-order valence-corrected chi connectivity index (χ2v) is 12.5. The van der Waals surface area contributed by atoms with Crippen LogP contribution in [-0.4, -0.2) is 55.2 Å². The predicted octanol–water partition coefficient (Wildman–Crippen LogP) is 5.90. The van der Waals surface area contributed by atoms with Crippen LogP contribution < -0.4 is 20.7 Å². The Morgan fingerprint density at radius 1 is 0.771 bits per heavy atom. The largest absolute Gasteiger partial charge is 0.573 e. The molecule has 4 aromatic rings. The van der Waals surface area contributed by atoms with Gasteiger partial charge in [0.05, 0.1) is 24.2 Å². The molecule has 17 heteroatoms. The molecule has 3 N–H and O–H groups in total. The minimum absolute atomic E-state index is 0.0308. The van der Waals surface area contributed by atoms with Crippen LogP contribution in [0.15, 0.2) is 54.6 Å². The fourth-order valence-electron chi connectivity index (χ4n) is 4.16. The van der Waals surface area contributed by atoms with E-state index in [0.29, 0.717) is 34.9 Å². The minimum atomic E-state index is -4.82. The molecule has 0 spiro atoms. The maximum atomic E-state index is 12.5. The first-order valence-corrected chi connectivity index (χ1v) is 15.6. The summed E-state index contributed by atoms with van der Waals surface area (Å²) in [7, 11) is 0. The first-order chi connectivity index (χ1) is 22.7. The lowest BCUT2D eigenvalue weighted by molar-refractivity contribution is -0.274. The number of halogens is 3. The highest BCUT2D eigenvalue weighted by molar-refractivity contribution is 7.15. The Labute approximate surface area is 277 Å². The van der Waals surface area contributed by atoms with Gasteiger partial charge < -0.3 is 20.1 Å². The van der Waals surface area contributed by atoms with E-state index in [1.54, 1.807) is 51.1 Å². The fourth-order valence-corrected chi connectivity index (χ4v) is 4.95. The highest BCUT2D eigenvalue weighted by atomic mass is 32.1. The molecule has 0 saturated heterocycles. The normalized spacial score (nSPS) is 11.5. The van der Waals surface area contributed by atoms with Gasteiger partial charge >= 0.3 is 12.5 Å². The van der Waals surface area contributed by atoms with Crippen LogP contribution in [0, 0.1) is 0 Å². The lowest BCUT2D eigenvalue weighted by Gasteiger charge is -2.19. The molecule has 0 radical (unpaired) electrons. The van der Waals surface area contributed by atoms with Crippen molar-refractivity contribution >= 4 is 46.0 Å². The number of nitrogens with one attached hydrogen (secondary N) is 3. The molecule has 0 bridgehead atoms. The summed E-state index contributed by atoms with van der Waals surface area (Å²) in [6.45, 7) is 5.26. The number of unbranched alkanes of at least 4 members (excludes halogenated alkanes) is 1. The van der Waals surface area contributed by atoms with Gasteiger partial charge in [-0.1, -0.05) is 29.5 Å². The van der Waals surface area contributed by atoms with Crippen LogP contribution in [0.3, 0.4) is 0 Å². The molecular weight excluding hydrogens is 653 g/mol. The van der Waals surface area contributed by atoms with Gasteiger partial charge in [0.15, 0.2) is 5.82 Å². The number of hydrogen-bond donors (Lipinski definition) is 3. The second kappa shape index (κ2) is 16.1. The number of amides is 3. The standard InChI is InChI=1S/C31H33F3N8O5S/c1-30(2,3)47-29(45)37-23-12-7-10-21(35-23)18-26(44)38-28-42-41-27(48-28)13-5-4-9-20-14-15-24(40-39-20)36-25(43)17-19-8-6-11-22(16-19)46-31(32,33)34/h6-8,10-12,14-16H,4-5,9,13,17-18H2,1-3H3,(H,35,37,45)(H,36,40,43)(H,38,42,44). The van der Waals surface area contributed by atoms with Crippen LogP contribution in [0.1, 0.15) is 55.6 Å². The summed E-state index contributed by atoms with van der Waals surface area (Å²) < 4.78 is 46.4. The van der Waals surface area contributed by atoms with Crippen LogP contribution in [0.25, 0.3) is 0 Å².